The summed E-state index contributed by atoms with van der Waals surface area (Å²) in [6.07, 6.45) is -10.9. The van der Waals surface area contributed by atoms with Gasteiger partial charge in [0, 0.05) is 12.3 Å². The average Bonchev–Trinajstić information content (AvgIpc) is 3.16. The molecule has 2 saturated heterocycles. The van der Waals surface area contributed by atoms with E-state index in [0.29, 0.717) is 0 Å². The minimum atomic E-state index is -4.90. The Morgan fingerprint density at radius 3 is 2.21 bits per heavy atom. The van der Waals surface area contributed by atoms with E-state index in [0.717, 1.165) is 52.1 Å². The number of rotatable bonds is 11. The molecule has 0 aliphatic carbocycles. The van der Waals surface area contributed by atoms with Gasteiger partial charge in [0.05, 0.1) is 12.7 Å². The average molecular weight is 814 g/mol. The monoisotopic (exact) mass is 814 g/mol. The fraction of sp³-hybridized carbons (Fsp3) is 0.706. The van der Waals surface area contributed by atoms with E-state index in [9.17, 15) is 39.5 Å². The Morgan fingerprint density at radius 2 is 1.63 bits per heavy atom. The number of carbonyl (C=O) groups excluding carboxylic acids is 1. The van der Waals surface area contributed by atoms with Crippen LogP contribution < -0.4 is 5.32 Å². The summed E-state index contributed by atoms with van der Waals surface area (Å²) >= 11 is 2.24. The molecule has 0 aromatic heterocycles. The maximum atomic E-state index is 13.1. The van der Waals surface area contributed by atoms with Crippen LogP contribution in [0.1, 0.15) is 13.3 Å². The molecule has 11 atom stereocenters. The fourth-order valence-electron chi connectivity index (χ4n) is 3.68. The molecule has 17 nitrogen and oxygen atoms in total. The molecule has 0 aromatic rings. The minimum Gasteiger partial charge on any atom is -0.388 e. The fourth-order valence-corrected chi connectivity index (χ4v) is 7.95. The van der Waals surface area contributed by atoms with Crippen LogP contribution in [0.4, 0.5) is 0 Å². The lowest BCUT2D eigenvalue weighted by Crippen LogP contribution is -2.57. The van der Waals surface area contributed by atoms with Gasteiger partial charge >= 0.3 is 15.6 Å². The molecule has 3 heterocycles. The van der Waals surface area contributed by atoms with Crippen LogP contribution in [0, 0.1) is 0 Å². The SMILES string of the molecule is C=C1NC(=O)C=CN1C1OC(COP(=O)(OI)OP(=O)(OI)O[C@@H]2OC(CC)[C@H](O)[C@H](O)C2O)C(O)C1O. The molecule has 0 bridgehead atoms. The number of aliphatic hydroxyl groups is 5. The summed E-state index contributed by atoms with van der Waals surface area (Å²) in [6.45, 7) is 4.52. The van der Waals surface area contributed by atoms with Crippen LogP contribution >= 0.6 is 61.7 Å². The number of carbonyl (C=O) groups is 1. The molecule has 218 valence electrons. The zero-order valence-corrected chi connectivity index (χ0v) is 25.5. The molecule has 8 unspecified atom stereocenters. The van der Waals surface area contributed by atoms with Crippen molar-refractivity contribution >= 4 is 67.6 Å². The summed E-state index contributed by atoms with van der Waals surface area (Å²) in [4.78, 5) is 12.7. The third-order valence-electron chi connectivity index (χ3n) is 5.65. The number of amides is 1. The quantitative estimate of drug-likeness (QED) is 0.120. The first-order chi connectivity index (χ1) is 17.8. The lowest BCUT2D eigenvalue weighted by Gasteiger charge is -2.40. The van der Waals surface area contributed by atoms with E-state index < -0.39 is 83.4 Å². The van der Waals surface area contributed by atoms with E-state index in [1.54, 1.807) is 6.92 Å². The van der Waals surface area contributed by atoms with Crippen LogP contribution in [0.3, 0.4) is 0 Å². The number of halogens is 2. The molecule has 38 heavy (non-hydrogen) atoms. The first-order valence-corrected chi connectivity index (χ1v) is 15.5. The number of ether oxygens (including phenoxy) is 2. The predicted octanol–water partition coefficient (Wildman–Crippen LogP) is 0.0666. The number of phosphoric acid groups is 2. The molecule has 3 aliphatic rings. The number of nitrogens with one attached hydrogen (secondary N) is 1. The highest BCUT2D eigenvalue weighted by Crippen LogP contribution is 2.68. The van der Waals surface area contributed by atoms with Crippen LogP contribution in [0.15, 0.2) is 24.7 Å². The molecule has 0 radical (unpaired) electrons. The van der Waals surface area contributed by atoms with Gasteiger partial charge in [0.15, 0.2) is 12.5 Å². The molecule has 3 rings (SSSR count). The Morgan fingerprint density at radius 1 is 1.00 bits per heavy atom. The van der Waals surface area contributed by atoms with E-state index in [1.165, 1.54) is 11.1 Å². The highest BCUT2D eigenvalue weighted by atomic mass is 127. The lowest BCUT2D eigenvalue weighted by molar-refractivity contribution is -0.275. The molecule has 3 aliphatic heterocycles. The molecule has 2 fully saturated rings. The Balaban J connectivity index is 1.66. The normalized spacial score (nSPS) is 39.1. The summed E-state index contributed by atoms with van der Waals surface area (Å²) in [5, 5.41) is 53.4. The van der Waals surface area contributed by atoms with Gasteiger partial charge in [0.25, 0.3) is 5.91 Å². The second-order valence-corrected chi connectivity index (χ2v) is 13.7. The third-order valence-corrected chi connectivity index (χ3v) is 11.4. The topological polar surface area (TPSA) is 232 Å². The molecule has 1 amide bonds. The van der Waals surface area contributed by atoms with E-state index in [4.69, 9.17) is 25.7 Å². The maximum Gasteiger partial charge on any atom is 0.495 e. The van der Waals surface area contributed by atoms with Crippen molar-refractivity contribution in [1.29, 1.82) is 0 Å². The zero-order chi connectivity index (χ0) is 28.4. The van der Waals surface area contributed by atoms with Gasteiger partial charge in [-0.2, -0.15) is 4.31 Å². The zero-order valence-electron chi connectivity index (χ0n) is 19.4. The van der Waals surface area contributed by atoms with Gasteiger partial charge in [-0.25, -0.2) is 14.8 Å². The van der Waals surface area contributed by atoms with Gasteiger partial charge in [-0.05, 0) is 6.42 Å². The van der Waals surface area contributed by atoms with Crippen molar-refractivity contribution in [3.63, 3.8) is 0 Å². The lowest BCUT2D eigenvalue weighted by atomic mass is 9.97. The van der Waals surface area contributed by atoms with Gasteiger partial charge in [0.1, 0.15) is 88.5 Å². The van der Waals surface area contributed by atoms with Crippen molar-refractivity contribution in [3.05, 3.63) is 24.7 Å². The molecular weight excluding hydrogens is 788 g/mol. The maximum absolute atomic E-state index is 13.1. The van der Waals surface area contributed by atoms with Gasteiger partial charge < -0.3 is 45.2 Å². The number of hydrogen-bond acceptors (Lipinski definition) is 16. The summed E-state index contributed by atoms with van der Waals surface area (Å²) in [5.41, 5.74) is 0. The largest absolute Gasteiger partial charge is 0.495 e. The molecular formula is C17H26I2N2O15P2. The molecule has 0 saturated carbocycles. The van der Waals surface area contributed by atoms with Crippen LogP contribution in [0.2, 0.25) is 0 Å². The number of hydrogen-bond donors (Lipinski definition) is 6. The van der Waals surface area contributed by atoms with Crippen molar-refractivity contribution in [2.75, 3.05) is 6.61 Å². The number of nitrogens with zero attached hydrogens (tertiary/aromatic N) is 1. The van der Waals surface area contributed by atoms with Crippen LogP contribution in [-0.2, 0) is 42.5 Å². The van der Waals surface area contributed by atoms with Gasteiger partial charge in [0.2, 0.25) is 0 Å². The smallest absolute Gasteiger partial charge is 0.388 e. The second kappa shape index (κ2) is 13.4. The molecule has 0 aromatic carbocycles. The van der Waals surface area contributed by atoms with Crippen molar-refractivity contribution in [2.24, 2.45) is 0 Å². The van der Waals surface area contributed by atoms with Crippen LogP contribution in [0.5, 0.6) is 0 Å². The summed E-state index contributed by atoms with van der Waals surface area (Å²) < 4.78 is 61.4. The van der Waals surface area contributed by atoms with Gasteiger partial charge in [-0.1, -0.05) is 13.5 Å². The Bertz CT molecular complexity index is 1000. The first kappa shape index (κ1) is 32.7. The van der Waals surface area contributed by atoms with E-state index in [1.807, 2.05) is 0 Å². The summed E-state index contributed by atoms with van der Waals surface area (Å²) in [5.74, 6) is -0.394. The predicted molar refractivity (Wildman–Crippen MR) is 139 cm³/mol. The van der Waals surface area contributed by atoms with Crippen molar-refractivity contribution in [3.8, 4) is 0 Å². The Kier molecular flexibility index (Phi) is 11.6. The number of aliphatic hydroxyl groups excluding tert-OH is 5. The second-order valence-electron chi connectivity index (χ2n) is 8.14. The molecule has 6 N–H and O–H groups in total. The third kappa shape index (κ3) is 7.33. The van der Waals surface area contributed by atoms with Crippen molar-refractivity contribution in [2.45, 2.75) is 68.6 Å². The van der Waals surface area contributed by atoms with E-state index >= 15 is 0 Å². The van der Waals surface area contributed by atoms with Crippen LogP contribution in [0.25, 0.3) is 0 Å². The summed E-state index contributed by atoms with van der Waals surface area (Å²) in [6, 6.07) is 0. The standard InChI is InChI=1S/C17H26I2N2O15P2/c1-3-8-11(23)13(25)15(27)17(32-8)33-38(29,35-19)36-37(28,34-18)30-6-9-12(24)14(26)16(31-9)21-5-4-10(22)20-7(21)2/h4-5,8-9,11-17,23-27H,2-3,6H2,1H3,(H,20,22)/t8?,9?,11-,12?,13-,14?,15?,16?,17-,37?,38?/m0/s1. The van der Waals surface area contributed by atoms with E-state index in [2.05, 4.69) is 14.7 Å². The van der Waals surface area contributed by atoms with Crippen LogP contribution in [-0.4, -0.2) is 98.2 Å². The first-order valence-electron chi connectivity index (χ1n) is 10.8. The van der Waals surface area contributed by atoms with Crippen molar-refractivity contribution < 1.29 is 68.0 Å². The van der Waals surface area contributed by atoms with Gasteiger partial charge in [-0.15, -0.1) is 0 Å². The minimum absolute atomic E-state index is 0.0623. The molecule has 0 spiro atoms. The van der Waals surface area contributed by atoms with E-state index in [-0.39, 0.29) is 12.2 Å². The Hall–Kier alpha value is 0.190. The highest BCUT2D eigenvalue weighted by molar-refractivity contribution is 14.1. The summed E-state index contributed by atoms with van der Waals surface area (Å²) in [7, 11) is -9.70. The highest BCUT2D eigenvalue weighted by Gasteiger charge is 2.51. The van der Waals surface area contributed by atoms with Crippen molar-refractivity contribution in [1.82, 2.24) is 10.2 Å². The Labute approximate surface area is 244 Å². The van der Waals surface area contributed by atoms with Gasteiger partial charge in [-0.3, -0.25) is 13.8 Å². The molecule has 21 heteroatoms.